The van der Waals surface area contributed by atoms with E-state index in [1.54, 1.807) is 30.0 Å². The SMILES string of the molecule is C[C@@H](Oc1ccccc1F)C(=O)N1CCC(c2ccc(C(=O)N3CCCC3)c(N)n2)CC1. The molecule has 7 nitrogen and oxygen atoms in total. The smallest absolute Gasteiger partial charge is 0.263 e. The van der Waals surface area contributed by atoms with Gasteiger partial charge in [0, 0.05) is 37.8 Å². The molecule has 2 aliphatic rings. The zero-order valence-corrected chi connectivity index (χ0v) is 18.3. The van der Waals surface area contributed by atoms with Crippen LogP contribution in [0.25, 0.3) is 0 Å². The second-order valence-corrected chi connectivity index (χ2v) is 8.46. The molecule has 0 radical (unpaired) electrons. The van der Waals surface area contributed by atoms with Gasteiger partial charge in [-0.25, -0.2) is 9.37 Å². The summed E-state index contributed by atoms with van der Waals surface area (Å²) in [4.78, 5) is 33.5. The molecule has 0 spiro atoms. The van der Waals surface area contributed by atoms with E-state index in [4.69, 9.17) is 10.5 Å². The average Bonchev–Trinajstić information content (AvgIpc) is 3.35. The number of piperidine rings is 1. The molecule has 1 aromatic carbocycles. The van der Waals surface area contributed by atoms with Crippen LogP contribution in [0.3, 0.4) is 0 Å². The highest BCUT2D eigenvalue weighted by atomic mass is 19.1. The first-order chi connectivity index (χ1) is 15.4. The quantitative estimate of drug-likeness (QED) is 0.771. The fourth-order valence-electron chi connectivity index (χ4n) is 4.42. The van der Waals surface area contributed by atoms with Crippen molar-refractivity contribution in [3.05, 3.63) is 53.5 Å². The molecule has 2 aliphatic heterocycles. The topological polar surface area (TPSA) is 88.8 Å². The zero-order chi connectivity index (χ0) is 22.7. The molecule has 170 valence electrons. The van der Waals surface area contributed by atoms with Crippen LogP contribution in [0.2, 0.25) is 0 Å². The largest absolute Gasteiger partial charge is 0.478 e. The number of para-hydroxylation sites is 1. The number of nitrogens with zero attached hydrogens (tertiary/aromatic N) is 3. The number of rotatable bonds is 5. The van der Waals surface area contributed by atoms with Crippen LogP contribution in [0, 0.1) is 5.82 Å². The lowest BCUT2D eigenvalue weighted by Gasteiger charge is -2.33. The highest BCUT2D eigenvalue weighted by Crippen LogP contribution is 2.29. The number of hydrogen-bond donors (Lipinski definition) is 1. The van der Waals surface area contributed by atoms with E-state index in [1.165, 1.54) is 12.1 Å². The van der Waals surface area contributed by atoms with E-state index in [0.717, 1.165) is 44.5 Å². The van der Waals surface area contributed by atoms with Crippen molar-refractivity contribution in [2.75, 3.05) is 31.9 Å². The van der Waals surface area contributed by atoms with Gasteiger partial charge in [0.05, 0.1) is 5.56 Å². The number of amides is 2. The molecule has 1 aromatic heterocycles. The maximum Gasteiger partial charge on any atom is 0.263 e. The Hall–Kier alpha value is -3.16. The molecule has 2 N–H and O–H groups in total. The van der Waals surface area contributed by atoms with Crippen LogP contribution < -0.4 is 10.5 Å². The lowest BCUT2D eigenvalue weighted by Crippen LogP contribution is -2.44. The Morgan fingerprint density at radius 2 is 1.75 bits per heavy atom. The van der Waals surface area contributed by atoms with Gasteiger partial charge in [-0.05, 0) is 56.9 Å². The predicted octanol–water partition coefficient (Wildman–Crippen LogP) is 3.21. The van der Waals surface area contributed by atoms with Crippen molar-refractivity contribution in [1.29, 1.82) is 0 Å². The molecule has 0 unspecified atom stereocenters. The van der Waals surface area contributed by atoms with Crippen molar-refractivity contribution >= 4 is 17.6 Å². The number of pyridine rings is 1. The van der Waals surface area contributed by atoms with E-state index in [-0.39, 0.29) is 29.3 Å². The normalized spacial score (nSPS) is 17.9. The third-order valence-electron chi connectivity index (χ3n) is 6.28. The molecule has 32 heavy (non-hydrogen) atoms. The number of nitrogens with two attached hydrogens (primary N) is 1. The molecule has 3 heterocycles. The molecule has 0 aliphatic carbocycles. The highest BCUT2D eigenvalue weighted by molar-refractivity contribution is 5.98. The first-order valence-corrected chi connectivity index (χ1v) is 11.2. The molecule has 0 bridgehead atoms. The van der Waals surface area contributed by atoms with E-state index < -0.39 is 11.9 Å². The summed E-state index contributed by atoms with van der Waals surface area (Å²) in [7, 11) is 0. The number of aromatic nitrogens is 1. The standard InChI is InChI=1S/C24H29FN4O3/c1-16(32-21-7-3-2-6-19(21)25)23(30)29-14-10-17(11-15-29)20-9-8-18(22(26)27-20)24(31)28-12-4-5-13-28/h2-3,6-9,16-17H,4-5,10-15H2,1H3,(H2,26,27)/t16-/m1/s1. The summed E-state index contributed by atoms with van der Waals surface area (Å²) < 4.78 is 19.3. The summed E-state index contributed by atoms with van der Waals surface area (Å²) >= 11 is 0. The molecule has 1 atom stereocenters. The van der Waals surface area contributed by atoms with Gasteiger partial charge >= 0.3 is 0 Å². The molecular weight excluding hydrogens is 411 g/mol. The maximum absolute atomic E-state index is 13.8. The summed E-state index contributed by atoms with van der Waals surface area (Å²) in [5.74, 6) is -0.188. The van der Waals surface area contributed by atoms with Gasteiger partial charge in [-0.2, -0.15) is 0 Å². The fraction of sp³-hybridized carbons (Fsp3) is 0.458. The van der Waals surface area contributed by atoms with Gasteiger partial charge in [-0.1, -0.05) is 12.1 Å². The Kier molecular flexibility index (Phi) is 6.58. The Labute approximate surface area is 187 Å². The maximum atomic E-state index is 13.8. The Balaban J connectivity index is 1.34. The van der Waals surface area contributed by atoms with Crippen molar-refractivity contribution in [3.8, 4) is 5.75 Å². The first-order valence-electron chi connectivity index (χ1n) is 11.2. The minimum absolute atomic E-state index is 0.0525. The van der Waals surface area contributed by atoms with Crippen molar-refractivity contribution in [2.45, 2.75) is 44.6 Å². The van der Waals surface area contributed by atoms with Gasteiger partial charge in [0.1, 0.15) is 5.82 Å². The van der Waals surface area contributed by atoms with Gasteiger partial charge < -0.3 is 20.3 Å². The number of halogens is 1. The number of carbonyl (C=O) groups is 2. The van der Waals surface area contributed by atoms with Crippen LogP contribution in [-0.4, -0.2) is 58.9 Å². The van der Waals surface area contributed by atoms with Crippen LogP contribution in [0.15, 0.2) is 36.4 Å². The number of anilines is 1. The lowest BCUT2D eigenvalue weighted by atomic mass is 9.92. The van der Waals surface area contributed by atoms with E-state index in [0.29, 0.717) is 18.7 Å². The second-order valence-electron chi connectivity index (χ2n) is 8.46. The van der Waals surface area contributed by atoms with Gasteiger partial charge in [0.15, 0.2) is 17.7 Å². The van der Waals surface area contributed by atoms with Crippen LogP contribution in [-0.2, 0) is 4.79 Å². The molecule has 8 heteroatoms. The van der Waals surface area contributed by atoms with Crippen LogP contribution in [0.5, 0.6) is 5.75 Å². The number of nitrogen functional groups attached to an aromatic ring is 1. The van der Waals surface area contributed by atoms with Gasteiger partial charge in [-0.15, -0.1) is 0 Å². The monoisotopic (exact) mass is 440 g/mol. The minimum Gasteiger partial charge on any atom is -0.478 e. The summed E-state index contributed by atoms with van der Waals surface area (Å²) in [6.07, 6.45) is 2.76. The molecular formula is C24H29FN4O3. The molecule has 2 amide bonds. The molecule has 0 saturated carbocycles. The van der Waals surface area contributed by atoms with Crippen LogP contribution in [0.4, 0.5) is 10.2 Å². The third-order valence-corrected chi connectivity index (χ3v) is 6.28. The van der Waals surface area contributed by atoms with Crippen molar-refractivity contribution < 1.29 is 18.7 Å². The number of ether oxygens (including phenoxy) is 1. The van der Waals surface area contributed by atoms with E-state index in [9.17, 15) is 14.0 Å². The minimum atomic E-state index is -0.770. The Morgan fingerprint density at radius 3 is 2.41 bits per heavy atom. The van der Waals surface area contributed by atoms with E-state index in [2.05, 4.69) is 4.98 Å². The lowest BCUT2D eigenvalue weighted by molar-refractivity contribution is -0.139. The molecule has 4 rings (SSSR count). The van der Waals surface area contributed by atoms with Crippen LogP contribution >= 0.6 is 0 Å². The van der Waals surface area contributed by atoms with Crippen molar-refractivity contribution in [3.63, 3.8) is 0 Å². The van der Waals surface area contributed by atoms with Crippen LogP contribution in [0.1, 0.15) is 54.6 Å². The van der Waals surface area contributed by atoms with Crippen molar-refractivity contribution in [1.82, 2.24) is 14.8 Å². The number of hydrogen-bond acceptors (Lipinski definition) is 5. The molecule has 2 saturated heterocycles. The molecule has 2 aromatic rings. The Bertz CT molecular complexity index is 985. The zero-order valence-electron chi connectivity index (χ0n) is 18.3. The summed E-state index contributed by atoms with van der Waals surface area (Å²) in [5.41, 5.74) is 7.44. The number of carbonyl (C=O) groups excluding carboxylic acids is 2. The van der Waals surface area contributed by atoms with Crippen molar-refractivity contribution in [2.24, 2.45) is 0 Å². The van der Waals surface area contributed by atoms with E-state index in [1.807, 2.05) is 11.0 Å². The Morgan fingerprint density at radius 1 is 1.06 bits per heavy atom. The third kappa shape index (κ3) is 4.69. The predicted molar refractivity (Wildman–Crippen MR) is 119 cm³/mol. The van der Waals surface area contributed by atoms with Gasteiger partial charge in [0.25, 0.3) is 11.8 Å². The summed E-state index contributed by atoms with van der Waals surface area (Å²) in [6, 6.07) is 9.73. The van der Waals surface area contributed by atoms with E-state index >= 15 is 0 Å². The summed E-state index contributed by atoms with van der Waals surface area (Å²) in [5, 5.41) is 0. The second kappa shape index (κ2) is 9.54. The number of likely N-dealkylation sites (tertiary alicyclic amines) is 2. The highest BCUT2D eigenvalue weighted by Gasteiger charge is 2.29. The average molecular weight is 441 g/mol. The first kappa shape index (κ1) is 22.0. The van der Waals surface area contributed by atoms with Gasteiger partial charge in [-0.3, -0.25) is 9.59 Å². The molecule has 2 fully saturated rings. The van der Waals surface area contributed by atoms with Gasteiger partial charge in [0.2, 0.25) is 0 Å². The summed E-state index contributed by atoms with van der Waals surface area (Å²) in [6.45, 7) is 4.30. The fourth-order valence-corrected chi connectivity index (χ4v) is 4.42. The number of benzene rings is 1.